The predicted octanol–water partition coefficient (Wildman–Crippen LogP) is 0.345. The number of unbranched alkanes of at least 4 members (excludes halogenated alkanes) is 1. The molecule has 0 rings (SSSR count). The van der Waals surface area contributed by atoms with Crippen molar-refractivity contribution in [3.05, 3.63) is 0 Å². The van der Waals surface area contributed by atoms with E-state index >= 15 is 0 Å². The van der Waals surface area contributed by atoms with Gasteiger partial charge in [0, 0.05) is 6.42 Å². The Bertz CT molecular complexity index is 63.4. The van der Waals surface area contributed by atoms with Crippen LogP contribution in [-0.4, -0.2) is 28.1 Å². The summed E-state index contributed by atoms with van der Waals surface area (Å²) in [5, 5.41) is 8.04. The molecule has 0 aromatic carbocycles. The van der Waals surface area contributed by atoms with Crippen LogP contribution in [0.3, 0.4) is 0 Å². The van der Waals surface area contributed by atoms with Crippen molar-refractivity contribution in [3.63, 3.8) is 0 Å². The van der Waals surface area contributed by atoms with Crippen molar-refractivity contribution in [1.82, 2.24) is 0 Å². The van der Waals surface area contributed by atoms with Gasteiger partial charge in [0.1, 0.15) is 0 Å². The number of aliphatic carboxylic acids is 1. The molecule has 0 saturated carbocycles. The fourth-order valence-electron chi connectivity index (χ4n) is 0.328. The summed E-state index contributed by atoms with van der Waals surface area (Å²) in [5.41, 5.74) is 0. The van der Waals surface area contributed by atoms with E-state index in [1.54, 1.807) is 0 Å². The van der Waals surface area contributed by atoms with Crippen LogP contribution in [0.5, 0.6) is 0 Å². The normalized spacial score (nSPS) is 7.62. The summed E-state index contributed by atoms with van der Waals surface area (Å²) in [6.45, 7) is 1.98. The third-order valence-electron chi connectivity index (χ3n) is 0.744. The van der Waals surface area contributed by atoms with Gasteiger partial charge in [0.2, 0.25) is 0 Å². The zero-order valence-electron chi connectivity index (χ0n) is 4.98. The van der Waals surface area contributed by atoms with Gasteiger partial charge in [-0.05, 0) is 6.42 Å². The minimum absolute atomic E-state index is 0. The van der Waals surface area contributed by atoms with Gasteiger partial charge in [-0.1, -0.05) is 13.3 Å². The van der Waals surface area contributed by atoms with E-state index in [1.165, 1.54) is 0 Å². The molecule has 0 atom stereocenters. The summed E-state index contributed by atoms with van der Waals surface area (Å²) in [5.74, 6) is -0.693. The zero-order valence-corrected chi connectivity index (χ0v) is 7.07. The van der Waals surface area contributed by atoms with Crippen LogP contribution in [0.2, 0.25) is 0 Å². The maximum atomic E-state index is 9.76. The molecular formula is C5H12O2Se. The van der Waals surface area contributed by atoms with Gasteiger partial charge in [-0.25, -0.2) is 0 Å². The van der Waals surface area contributed by atoms with Crippen molar-refractivity contribution in [2.45, 2.75) is 26.2 Å². The first kappa shape index (κ1) is 10.9. The van der Waals surface area contributed by atoms with Crippen molar-refractivity contribution in [3.8, 4) is 0 Å². The van der Waals surface area contributed by atoms with Crippen LogP contribution in [0.25, 0.3) is 0 Å². The molecule has 0 amide bonds. The van der Waals surface area contributed by atoms with Crippen molar-refractivity contribution in [2.75, 3.05) is 0 Å². The number of carbonyl (C=O) groups is 1. The van der Waals surface area contributed by atoms with Gasteiger partial charge in [0.05, 0.1) is 0 Å². The van der Waals surface area contributed by atoms with Crippen molar-refractivity contribution in [2.24, 2.45) is 0 Å². The average molecular weight is 183 g/mol. The van der Waals surface area contributed by atoms with Crippen molar-refractivity contribution < 1.29 is 9.90 Å². The van der Waals surface area contributed by atoms with Gasteiger partial charge >= 0.3 is 23.0 Å². The Balaban J connectivity index is 0. The summed E-state index contributed by atoms with van der Waals surface area (Å²) in [7, 11) is 0. The summed E-state index contributed by atoms with van der Waals surface area (Å²) >= 11 is 0. The average Bonchev–Trinajstić information content (AvgIpc) is 1.61. The van der Waals surface area contributed by atoms with Gasteiger partial charge < -0.3 is 5.11 Å². The van der Waals surface area contributed by atoms with E-state index in [-0.39, 0.29) is 17.1 Å². The SMILES string of the molecule is CCCCC(=O)O.[SeH2]. The number of hydrogen-bond donors (Lipinski definition) is 1. The summed E-state index contributed by atoms with van der Waals surface area (Å²) < 4.78 is 0. The molecule has 0 aromatic heterocycles. The predicted molar refractivity (Wildman–Crippen MR) is 35.7 cm³/mol. The van der Waals surface area contributed by atoms with Gasteiger partial charge in [0.25, 0.3) is 0 Å². The van der Waals surface area contributed by atoms with Gasteiger partial charge in [-0.3, -0.25) is 4.79 Å². The molecule has 0 bridgehead atoms. The second-order valence-electron chi connectivity index (χ2n) is 1.50. The van der Waals surface area contributed by atoms with Gasteiger partial charge in [-0.2, -0.15) is 0 Å². The quantitative estimate of drug-likeness (QED) is 0.641. The van der Waals surface area contributed by atoms with E-state index < -0.39 is 5.97 Å². The number of rotatable bonds is 3. The standard InChI is InChI=1S/C5H10O2.H2Se/c1-2-3-4-5(6)7;/h2-4H2,1H3,(H,6,7);1H2. The molecule has 0 aliphatic carbocycles. The molecule has 50 valence electrons. The molecular weight excluding hydrogens is 171 g/mol. The first-order valence-corrected chi connectivity index (χ1v) is 2.49. The van der Waals surface area contributed by atoms with Crippen LogP contribution in [0.1, 0.15) is 26.2 Å². The molecule has 0 aliphatic rings. The topological polar surface area (TPSA) is 37.3 Å². The first-order valence-electron chi connectivity index (χ1n) is 2.49. The van der Waals surface area contributed by atoms with E-state index in [0.717, 1.165) is 12.8 Å². The summed E-state index contributed by atoms with van der Waals surface area (Å²) in [6.07, 6.45) is 2.08. The summed E-state index contributed by atoms with van der Waals surface area (Å²) in [6, 6.07) is 0. The van der Waals surface area contributed by atoms with Crippen LogP contribution < -0.4 is 0 Å². The molecule has 2 nitrogen and oxygen atoms in total. The Morgan fingerprint density at radius 2 is 2.12 bits per heavy atom. The molecule has 0 unspecified atom stereocenters. The van der Waals surface area contributed by atoms with Crippen LogP contribution in [0.4, 0.5) is 0 Å². The second-order valence-corrected chi connectivity index (χ2v) is 1.50. The van der Waals surface area contributed by atoms with E-state index in [1.807, 2.05) is 6.92 Å². The van der Waals surface area contributed by atoms with Crippen molar-refractivity contribution >= 4 is 23.0 Å². The summed E-state index contributed by atoms with van der Waals surface area (Å²) in [4.78, 5) is 9.76. The molecule has 8 heavy (non-hydrogen) atoms. The molecule has 0 saturated heterocycles. The third kappa shape index (κ3) is 9.37. The molecule has 0 heterocycles. The van der Waals surface area contributed by atoms with Crippen LogP contribution >= 0.6 is 0 Å². The molecule has 0 spiro atoms. The fraction of sp³-hybridized carbons (Fsp3) is 0.800. The Hall–Kier alpha value is -0.0105. The van der Waals surface area contributed by atoms with Crippen LogP contribution in [-0.2, 0) is 4.79 Å². The zero-order chi connectivity index (χ0) is 5.70. The van der Waals surface area contributed by atoms with Gasteiger partial charge in [0.15, 0.2) is 0 Å². The van der Waals surface area contributed by atoms with E-state index in [0.29, 0.717) is 6.42 Å². The Morgan fingerprint density at radius 1 is 1.62 bits per heavy atom. The van der Waals surface area contributed by atoms with E-state index in [4.69, 9.17) is 5.11 Å². The maximum absolute atomic E-state index is 9.76. The molecule has 0 fully saturated rings. The number of hydrogen-bond acceptors (Lipinski definition) is 1. The first-order chi connectivity index (χ1) is 3.27. The Morgan fingerprint density at radius 3 is 2.25 bits per heavy atom. The molecule has 3 heteroatoms. The fourth-order valence-corrected chi connectivity index (χ4v) is 0.328. The molecule has 1 N–H and O–H groups in total. The molecule has 0 radical (unpaired) electrons. The number of carboxylic acid groups (broad SMARTS) is 1. The third-order valence-corrected chi connectivity index (χ3v) is 0.744. The van der Waals surface area contributed by atoms with Crippen LogP contribution in [0, 0.1) is 0 Å². The van der Waals surface area contributed by atoms with Crippen LogP contribution in [0.15, 0.2) is 0 Å². The number of carboxylic acids is 1. The Labute approximate surface area is 59.8 Å². The van der Waals surface area contributed by atoms with Gasteiger partial charge in [-0.15, -0.1) is 0 Å². The monoisotopic (exact) mass is 184 g/mol. The minimum atomic E-state index is -0.693. The van der Waals surface area contributed by atoms with Crippen molar-refractivity contribution in [1.29, 1.82) is 0 Å². The molecule has 0 aromatic rings. The molecule has 0 aliphatic heterocycles. The second kappa shape index (κ2) is 6.99. The van der Waals surface area contributed by atoms with E-state index in [9.17, 15) is 4.79 Å². The Kier molecular flexibility index (Phi) is 9.51. The van der Waals surface area contributed by atoms with E-state index in [2.05, 4.69) is 0 Å².